The highest BCUT2D eigenvalue weighted by Crippen LogP contribution is 2.25. The molecule has 3 N–H and O–H groups in total. The molecule has 142 valence electrons. The molecule has 0 amide bonds. The van der Waals surface area contributed by atoms with E-state index in [2.05, 4.69) is 0 Å². The van der Waals surface area contributed by atoms with Crippen molar-refractivity contribution in [2.45, 2.75) is 45.0 Å². The first kappa shape index (κ1) is 20.7. The van der Waals surface area contributed by atoms with Gasteiger partial charge in [0.25, 0.3) is 0 Å². The summed E-state index contributed by atoms with van der Waals surface area (Å²) in [6.45, 7) is 1.92. The van der Waals surface area contributed by atoms with Crippen LogP contribution in [0.5, 0.6) is 0 Å². The standard InChI is InChI=1S/C15H22O10/c1-3-10(18)22-5-8(16)6-24-14-12(20)15(21)25-13(14)9(17)7-23-11(19)4-2/h8-9,13,16-17,20H,3-7H2,1-2H3. The van der Waals surface area contributed by atoms with E-state index in [9.17, 15) is 29.7 Å². The number of rotatable bonds is 10. The predicted molar refractivity (Wildman–Crippen MR) is 80.0 cm³/mol. The Bertz CT molecular complexity index is 526. The van der Waals surface area contributed by atoms with Crippen LogP contribution in [0.2, 0.25) is 0 Å². The predicted octanol–water partition coefficient (Wildman–Crippen LogP) is -0.674. The van der Waals surface area contributed by atoms with Crippen molar-refractivity contribution in [1.29, 1.82) is 0 Å². The van der Waals surface area contributed by atoms with E-state index in [1.807, 2.05) is 0 Å². The van der Waals surface area contributed by atoms with Crippen LogP contribution in [0.25, 0.3) is 0 Å². The summed E-state index contributed by atoms with van der Waals surface area (Å²) in [5, 5.41) is 29.3. The summed E-state index contributed by atoms with van der Waals surface area (Å²) in [6.07, 6.45) is -3.82. The third kappa shape index (κ3) is 6.24. The Morgan fingerprint density at radius 3 is 2.20 bits per heavy atom. The SMILES string of the molecule is CCC(=O)OCC(O)COC1=C(O)C(=O)OC1C(O)COC(=O)CC. The van der Waals surface area contributed by atoms with Gasteiger partial charge in [0.15, 0.2) is 11.9 Å². The topological polar surface area (TPSA) is 149 Å². The zero-order chi connectivity index (χ0) is 19.0. The van der Waals surface area contributed by atoms with Gasteiger partial charge in [-0.05, 0) is 0 Å². The summed E-state index contributed by atoms with van der Waals surface area (Å²) in [6, 6.07) is 0. The quantitative estimate of drug-likeness (QED) is 0.337. The Kier molecular flexibility index (Phi) is 8.16. The molecule has 0 aromatic heterocycles. The first-order chi connectivity index (χ1) is 11.8. The van der Waals surface area contributed by atoms with E-state index in [4.69, 9.17) is 18.9 Å². The van der Waals surface area contributed by atoms with Crippen LogP contribution in [-0.4, -0.2) is 71.4 Å². The average Bonchev–Trinajstić information content (AvgIpc) is 2.89. The molecule has 0 aliphatic carbocycles. The van der Waals surface area contributed by atoms with Gasteiger partial charge in [0.2, 0.25) is 5.76 Å². The maximum Gasteiger partial charge on any atom is 0.378 e. The van der Waals surface area contributed by atoms with Crippen molar-refractivity contribution in [2.24, 2.45) is 0 Å². The van der Waals surface area contributed by atoms with E-state index >= 15 is 0 Å². The van der Waals surface area contributed by atoms with Crippen LogP contribution >= 0.6 is 0 Å². The summed E-state index contributed by atoms with van der Waals surface area (Å²) < 4.78 is 19.3. The Labute approximate surface area is 143 Å². The van der Waals surface area contributed by atoms with Crippen LogP contribution in [0, 0.1) is 0 Å². The molecule has 0 bridgehead atoms. The van der Waals surface area contributed by atoms with Gasteiger partial charge >= 0.3 is 17.9 Å². The van der Waals surface area contributed by atoms with Crippen molar-refractivity contribution >= 4 is 17.9 Å². The fourth-order valence-electron chi connectivity index (χ4n) is 1.76. The maximum absolute atomic E-state index is 11.4. The number of hydrogen-bond donors (Lipinski definition) is 3. The second-order valence-electron chi connectivity index (χ2n) is 5.14. The lowest BCUT2D eigenvalue weighted by molar-refractivity contribution is -0.155. The van der Waals surface area contributed by atoms with E-state index in [-0.39, 0.29) is 19.4 Å². The molecule has 1 rings (SSSR count). The smallest absolute Gasteiger partial charge is 0.378 e. The number of aliphatic hydroxyl groups excluding tert-OH is 3. The number of aliphatic hydroxyl groups is 3. The van der Waals surface area contributed by atoms with Crippen molar-refractivity contribution in [3.8, 4) is 0 Å². The number of carbonyl (C=O) groups excluding carboxylic acids is 3. The highest BCUT2D eigenvalue weighted by molar-refractivity contribution is 5.89. The van der Waals surface area contributed by atoms with Gasteiger partial charge in [-0.2, -0.15) is 0 Å². The highest BCUT2D eigenvalue weighted by atomic mass is 16.6. The van der Waals surface area contributed by atoms with E-state index < -0.39 is 61.0 Å². The van der Waals surface area contributed by atoms with E-state index in [1.165, 1.54) is 0 Å². The number of esters is 3. The number of cyclic esters (lactones) is 1. The monoisotopic (exact) mass is 362 g/mol. The lowest BCUT2D eigenvalue weighted by Gasteiger charge is -2.21. The van der Waals surface area contributed by atoms with E-state index in [0.717, 1.165) is 0 Å². The van der Waals surface area contributed by atoms with Crippen LogP contribution in [0.3, 0.4) is 0 Å². The number of carbonyl (C=O) groups is 3. The van der Waals surface area contributed by atoms with Gasteiger partial charge in [0, 0.05) is 12.8 Å². The largest absolute Gasteiger partial charge is 0.499 e. The molecule has 0 spiro atoms. The molecule has 25 heavy (non-hydrogen) atoms. The van der Waals surface area contributed by atoms with Gasteiger partial charge in [-0.25, -0.2) is 4.79 Å². The van der Waals surface area contributed by atoms with Gasteiger partial charge in [-0.15, -0.1) is 0 Å². The zero-order valence-electron chi connectivity index (χ0n) is 14.0. The third-order valence-electron chi connectivity index (χ3n) is 3.13. The summed E-state index contributed by atoms with van der Waals surface area (Å²) in [7, 11) is 0. The average molecular weight is 362 g/mol. The Morgan fingerprint density at radius 1 is 1.08 bits per heavy atom. The lowest BCUT2D eigenvalue weighted by Crippen LogP contribution is -2.35. The minimum absolute atomic E-state index is 0.101. The molecule has 0 fully saturated rings. The second-order valence-corrected chi connectivity index (χ2v) is 5.14. The van der Waals surface area contributed by atoms with Gasteiger partial charge in [0.1, 0.15) is 32.0 Å². The molecule has 1 heterocycles. The fourth-order valence-corrected chi connectivity index (χ4v) is 1.76. The minimum atomic E-state index is -1.46. The molecule has 1 aliphatic heterocycles. The normalized spacial score (nSPS) is 19.2. The molecule has 0 aromatic rings. The molecule has 10 heteroatoms. The second kappa shape index (κ2) is 9.84. The minimum Gasteiger partial charge on any atom is -0.499 e. The zero-order valence-corrected chi connectivity index (χ0v) is 14.0. The fraction of sp³-hybridized carbons (Fsp3) is 0.667. The summed E-state index contributed by atoms with van der Waals surface area (Å²) in [5.41, 5.74) is 0. The van der Waals surface area contributed by atoms with Gasteiger partial charge in [-0.1, -0.05) is 13.8 Å². The third-order valence-corrected chi connectivity index (χ3v) is 3.13. The summed E-state index contributed by atoms with van der Waals surface area (Å²) >= 11 is 0. The van der Waals surface area contributed by atoms with Crippen molar-refractivity contribution < 1.29 is 48.7 Å². The van der Waals surface area contributed by atoms with Gasteiger partial charge < -0.3 is 34.3 Å². The molecule has 3 unspecified atom stereocenters. The van der Waals surface area contributed by atoms with Crippen LogP contribution in [0.4, 0.5) is 0 Å². The molecule has 0 radical (unpaired) electrons. The van der Waals surface area contributed by atoms with Gasteiger partial charge in [-0.3, -0.25) is 9.59 Å². The Morgan fingerprint density at radius 2 is 1.64 bits per heavy atom. The molecule has 10 nitrogen and oxygen atoms in total. The molecular weight excluding hydrogens is 340 g/mol. The number of ether oxygens (including phenoxy) is 4. The van der Waals surface area contributed by atoms with E-state index in [0.29, 0.717) is 0 Å². The van der Waals surface area contributed by atoms with Gasteiger partial charge in [0.05, 0.1) is 0 Å². The van der Waals surface area contributed by atoms with Crippen molar-refractivity contribution in [3.63, 3.8) is 0 Å². The summed E-state index contributed by atoms with van der Waals surface area (Å²) in [5.74, 6) is -3.44. The Balaban J connectivity index is 2.59. The first-order valence-electron chi connectivity index (χ1n) is 7.74. The van der Waals surface area contributed by atoms with E-state index in [1.54, 1.807) is 13.8 Å². The van der Waals surface area contributed by atoms with Crippen molar-refractivity contribution in [3.05, 3.63) is 11.5 Å². The molecule has 0 aromatic carbocycles. The maximum atomic E-state index is 11.4. The molecule has 1 aliphatic rings. The number of hydrogen-bond acceptors (Lipinski definition) is 10. The van der Waals surface area contributed by atoms with Crippen LogP contribution in [0.15, 0.2) is 11.5 Å². The Hall–Kier alpha value is -2.33. The lowest BCUT2D eigenvalue weighted by atomic mass is 10.2. The molecule has 0 saturated carbocycles. The van der Waals surface area contributed by atoms with Crippen molar-refractivity contribution in [2.75, 3.05) is 19.8 Å². The summed E-state index contributed by atoms with van der Waals surface area (Å²) in [4.78, 5) is 33.5. The van der Waals surface area contributed by atoms with Crippen LogP contribution in [-0.2, 0) is 33.3 Å². The van der Waals surface area contributed by atoms with Crippen LogP contribution < -0.4 is 0 Å². The van der Waals surface area contributed by atoms with Crippen molar-refractivity contribution in [1.82, 2.24) is 0 Å². The molecular formula is C15H22O10. The highest BCUT2D eigenvalue weighted by Gasteiger charge is 2.41. The van der Waals surface area contributed by atoms with Crippen LogP contribution in [0.1, 0.15) is 26.7 Å². The first-order valence-corrected chi connectivity index (χ1v) is 7.74. The molecule has 3 atom stereocenters. The molecule has 0 saturated heterocycles.